The number of carbonyl (C=O) groups excluding carboxylic acids is 2. The molecular weight excluding hydrogens is 388 g/mol. The normalized spacial score (nSPS) is 10.4. The van der Waals surface area contributed by atoms with Crippen LogP contribution in [0.4, 0.5) is 0 Å². The molecule has 0 bridgehead atoms. The number of esters is 1. The zero-order valence-corrected chi connectivity index (χ0v) is 17.8. The van der Waals surface area contributed by atoms with Crippen LogP contribution in [0.3, 0.4) is 0 Å². The van der Waals surface area contributed by atoms with E-state index >= 15 is 0 Å². The second kappa shape index (κ2) is 11.7. The molecule has 0 atom stereocenters. The molecule has 0 fully saturated rings. The van der Waals surface area contributed by atoms with E-state index in [1.807, 2.05) is 36.4 Å². The number of amides is 1. The zero-order valence-electron chi connectivity index (χ0n) is 17.8. The van der Waals surface area contributed by atoms with Crippen LogP contribution in [0, 0.1) is 0 Å². The van der Waals surface area contributed by atoms with Gasteiger partial charge in [-0.3, -0.25) is 14.5 Å². The third-order valence-corrected chi connectivity index (χ3v) is 4.41. The first-order valence-electron chi connectivity index (χ1n) is 9.38. The summed E-state index contributed by atoms with van der Waals surface area (Å²) >= 11 is 0. The molecule has 162 valence electrons. The molecule has 2 aromatic rings. The van der Waals surface area contributed by atoms with Gasteiger partial charge >= 0.3 is 5.97 Å². The van der Waals surface area contributed by atoms with Gasteiger partial charge in [-0.15, -0.1) is 0 Å². The van der Waals surface area contributed by atoms with Crippen LogP contribution in [0.2, 0.25) is 0 Å². The van der Waals surface area contributed by atoms with Gasteiger partial charge in [-0.1, -0.05) is 12.1 Å². The number of rotatable bonds is 11. The zero-order chi connectivity index (χ0) is 21.9. The minimum Gasteiger partial charge on any atom is -0.497 e. The summed E-state index contributed by atoms with van der Waals surface area (Å²) in [6.45, 7) is 0.733. The lowest BCUT2D eigenvalue weighted by Crippen LogP contribution is -2.39. The molecule has 0 saturated heterocycles. The monoisotopic (exact) mass is 416 g/mol. The number of nitrogens with one attached hydrogen (secondary N) is 1. The lowest BCUT2D eigenvalue weighted by atomic mass is 10.2. The number of hydrogen-bond donors (Lipinski definition) is 1. The van der Waals surface area contributed by atoms with Gasteiger partial charge in [0.2, 0.25) is 5.91 Å². The van der Waals surface area contributed by atoms with Crippen LogP contribution >= 0.6 is 0 Å². The molecule has 2 aromatic carbocycles. The third kappa shape index (κ3) is 7.29. The SMILES string of the molecule is COC(=O)CN(CC(=O)NCc1ccc(OC)cc1)Cc1cc(OC)cc(OC)c1. The van der Waals surface area contributed by atoms with E-state index in [1.54, 1.807) is 32.3 Å². The van der Waals surface area contributed by atoms with Gasteiger partial charge < -0.3 is 24.3 Å². The fourth-order valence-corrected chi connectivity index (χ4v) is 2.83. The summed E-state index contributed by atoms with van der Waals surface area (Å²) in [6, 6.07) is 12.9. The summed E-state index contributed by atoms with van der Waals surface area (Å²) in [7, 11) is 6.05. The van der Waals surface area contributed by atoms with Gasteiger partial charge in [-0.2, -0.15) is 0 Å². The second-order valence-corrected chi connectivity index (χ2v) is 6.57. The predicted octanol–water partition coefficient (Wildman–Crippen LogP) is 2.00. The average Bonchev–Trinajstić information content (AvgIpc) is 2.77. The molecule has 0 heterocycles. The van der Waals surface area contributed by atoms with Crippen molar-refractivity contribution in [2.45, 2.75) is 13.1 Å². The van der Waals surface area contributed by atoms with Crippen LogP contribution in [-0.2, 0) is 27.4 Å². The molecule has 0 radical (unpaired) electrons. The standard InChI is InChI=1S/C22H28N2O6/c1-27-18-7-5-16(6-8-18)12-23-21(25)14-24(15-22(26)30-4)13-17-9-19(28-2)11-20(10-17)29-3/h5-11H,12-15H2,1-4H3,(H,23,25). The van der Waals surface area contributed by atoms with Gasteiger partial charge in [0.05, 0.1) is 41.5 Å². The molecule has 1 amide bonds. The molecule has 30 heavy (non-hydrogen) atoms. The van der Waals surface area contributed by atoms with E-state index in [9.17, 15) is 9.59 Å². The van der Waals surface area contributed by atoms with E-state index < -0.39 is 5.97 Å². The van der Waals surface area contributed by atoms with Gasteiger partial charge in [0.15, 0.2) is 0 Å². The highest BCUT2D eigenvalue weighted by Crippen LogP contribution is 2.23. The van der Waals surface area contributed by atoms with Gasteiger partial charge in [0.1, 0.15) is 17.2 Å². The molecule has 0 spiro atoms. The van der Waals surface area contributed by atoms with Crippen LogP contribution in [0.5, 0.6) is 17.2 Å². The van der Waals surface area contributed by atoms with E-state index in [2.05, 4.69) is 5.32 Å². The highest BCUT2D eigenvalue weighted by Gasteiger charge is 2.16. The highest BCUT2D eigenvalue weighted by molar-refractivity contribution is 5.79. The molecule has 0 aliphatic heterocycles. The van der Waals surface area contributed by atoms with Crippen molar-refractivity contribution < 1.29 is 28.5 Å². The van der Waals surface area contributed by atoms with Crippen molar-refractivity contribution in [1.29, 1.82) is 0 Å². The average molecular weight is 416 g/mol. The van der Waals surface area contributed by atoms with E-state index in [0.29, 0.717) is 24.6 Å². The van der Waals surface area contributed by atoms with Crippen molar-refractivity contribution in [3.63, 3.8) is 0 Å². The quantitative estimate of drug-likeness (QED) is 0.561. The van der Waals surface area contributed by atoms with Crippen molar-refractivity contribution in [3.8, 4) is 17.2 Å². The summed E-state index contributed by atoms with van der Waals surface area (Å²) < 4.78 is 20.5. The summed E-state index contributed by atoms with van der Waals surface area (Å²) in [4.78, 5) is 26.0. The minimum absolute atomic E-state index is 0.0218. The fraction of sp³-hybridized carbons (Fsp3) is 0.364. The van der Waals surface area contributed by atoms with E-state index in [0.717, 1.165) is 16.9 Å². The number of hydrogen-bond acceptors (Lipinski definition) is 7. The number of methoxy groups -OCH3 is 4. The largest absolute Gasteiger partial charge is 0.497 e. The molecule has 8 nitrogen and oxygen atoms in total. The Balaban J connectivity index is 2.03. The van der Waals surface area contributed by atoms with E-state index in [-0.39, 0.29) is 19.0 Å². The van der Waals surface area contributed by atoms with Crippen LogP contribution < -0.4 is 19.5 Å². The Morgan fingerprint density at radius 3 is 1.93 bits per heavy atom. The highest BCUT2D eigenvalue weighted by atomic mass is 16.5. The topological polar surface area (TPSA) is 86.3 Å². The van der Waals surface area contributed by atoms with Gasteiger partial charge in [-0.25, -0.2) is 0 Å². The lowest BCUT2D eigenvalue weighted by Gasteiger charge is -2.21. The van der Waals surface area contributed by atoms with Crippen molar-refractivity contribution in [1.82, 2.24) is 10.2 Å². The molecule has 0 unspecified atom stereocenters. The second-order valence-electron chi connectivity index (χ2n) is 6.57. The summed E-state index contributed by atoms with van der Waals surface area (Å²) in [5.74, 6) is 1.39. The predicted molar refractivity (Wildman–Crippen MR) is 112 cm³/mol. The Bertz CT molecular complexity index is 816. The Hall–Kier alpha value is -3.26. The molecule has 0 aliphatic carbocycles. The Morgan fingerprint density at radius 2 is 1.40 bits per heavy atom. The minimum atomic E-state index is -0.423. The maximum Gasteiger partial charge on any atom is 0.319 e. The molecule has 1 N–H and O–H groups in total. The van der Waals surface area contributed by atoms with Crippen LogP contribution in [0.25, 0.3) is 0 Å². The maximum absolute atomic E-state index is 12.5. The van der Waals surface area contributed by atoms with Crippen molar-refractivity contribution in [3.05, 3.63) is 53.6 Å². The molecule has 8 heteroatoms. The lowest BCUT2D eigenvalue weighted by molar-refractivity contribution is -0.142. The first-order valence-corrected chi connectivity index (χ1v) is 9.38. The number of carbonyl (C=O) groups is 2. The van der Waals surface area contributed by atoms with E-state index in [1.165, 1.54) is 7.11 Å². The number of benzene rings is 2. The summed E-state index contributed by atoms with van der Waals surface area (Å²) in [5, 5.41) is 2.87. The molecule has 0 aromatic heterocycles. The van der Waals surface area contributed by atoms with Crippen molar-refractivity contribution in [2.24, 2.45) is 0 Å². The third-order valence-electron chi connectivity index (χ3n) is 4.41. The maximum atomic E-state index is 12.5. The van der Waals surface area contributed by atoms with Crippen molar-refractivity contribution in [2.75, 3.05) is 41.5 Å². The molecule has 0 aliphatic rings. The Labute approximate surface area is 176 Å². The smallest absolute Gasteiger partial charge is 0.319 e. The van der Waals surface area contributed by atoms with Crippen LogP contribution in [0.1, 0.15) is 11.1 Å². The fourth-order valence-electron chi connectivity index (χ4n) is 2.83. The Morgan fingerprint density at radius 1 is 0.800 bits per heavy atom. The van der Waals surface area contributed by atoms with Gasteiger partial charge in [-0.05, 0) is 35.4 Å². The molecular formula is C22H28N2O6. The van der Waals surface area contributed by atoms with E-state index in [4.69, 9.17) is 18.9 Å². The first kappa shape index (κ1) is 23.0. The summed E-state index contributed by atoms with van der Waals surface area (Å²) in [6.07, 6.45) is 0. The summed E-state index contributed by atoms with van der Waals surface area (Å²) in [5.41, 5.74) is 1.79. The number of nitrogens with zero attached hydrogens (tertiary/aromatic N) is 1. The van der Waals surface area contributed by atoms with Crippen molar-refractivity contribution >= 4 is 11.9 Å². The molecule has 0 saturated carbocycles. The molecule has 2 rings (SSSR count). The van der Waals surface area contributed by atoms with Crippen LogP contribution in [-0.4, -0.2) is 58.3 Å². The first-order chi connectivity index (χ1) is 14.5. The number of ether oxygens (including phenoxy) is 4. The van der Waals surface area contributed by atoms with Gasteiger partial charge in [0.25, 0.3) is 0 Å². The van der Waals surface area contributed by atoms with Gasteiger partial charge in [0, 0.05) is 19.2 Å². The van der Waals surface area contributed by atoms with Crippen LogP contribution in [0.15, 0.2) is 42.5 Å². The Kier molecular flexibility index (Phi) is 8.96.